The van der Waals surface area contributed by atoms with Gasteiger partial charge in [-0.15, -0.1) is 0 Å². The van der Waals surface area contributed by atoms with Gasteiger partial charge in [0.2, 0.25) is 0 Å². The Morgan fingerprint density at radius 1 is 1.32 bits per heavy atom. The van der Waals surface area contributed by atoms with Gasteiger partial charge in [-0.3, -0.25) is 4.79 Å². The molecule has 0 aliphatic heterocycles. The number of nitriles is 1. The molecule has 1 aliphatic carbocycles. The Morgan fingerprint density at radius 2 is 2.08 bits per heavy atom. The van der Waals surface area contributed by atoms with E-state index in [0.29, 0.717) is 23.6 Å². The van der Waals surface area contributed by atoms with Crippen LogP contribution in [0, 0.1) is 11.3 Å². The van der Waals surface area contributed by atoms with E-state index in [1.165, 1.54) is 31.0 Å². The van der Waals surface area contributed by atoms with Gasteiger partial charge in [0.05, 0.1) is 18.4 Å². The molecule has 0 radical (unpaired) electrons. The fraction of sp³-hybridized carbons (Fsp3) is 0.421. The molecule has 0 saturated heterocycles. The lowest BCUT2D eigenvalue weighted by Gasteiger charge is -2.22. The molecule has 1 aromatic heterocycles. The van der Waals surface area contributed by atoms with Crippen LogP contribution in [0.5, 0.6) is 0 Å². The second-order valence-electron chi connectivity index (χ2n) is 6.14. The first kappa shape index (κ1) is 17.7. The predicted molar refractivity (Wildman–Crippen MR) is 98.5 cm³/mol. The molecule has 0 spiro atoms. The van der Waals surface area contributed by atoms with Crippen molar-refractivity contribution < 1.29 is 4.74 Å². The summed E-state index contributed by atoms with van der Waals surface area (Å²) in [5.41, 5.74) is 1.81. The molecule has 25 heavy (non-hydrogen) atoms. The van der Waals surface area contributed by atoms with E-state index in [4.69, 9.17) is 4.74 Å². The van der Waals surface area contributed by atoms with E-state index >= 15 is 0 Å². The number of hydrogen-bond acceptors (Lipinski definition) is 5. The monoisotopic (exact) mass is 355 g/mol. The van der Waals surface area contributed by atoms with Gasteiger partial charge >= 0.3 is 0 Å². The lowest BCUT2D eigenvalue weighted by Crippen LogP contribution is -2.17. The van der Waals surface area contributed by atoms with Crippen LogP contribution < -0.4 is 5.56 Å². The second-order valence-corrected chi connectivity index (χ2v) is 6.93. The SMILES string of the molecule is CSc1nc(-c2ccccc2COC2CCCCC2)c(C#N)c(=O)[nH]1. The molecule has 1 aromatic carbocycles. The van der Waals surface area contributed by atoms with Crippen LogP contribution in [0.2, 0.25) is 0 Å². The van der Waals surface area contributed by atoms with Crippen LogP contribution in [0.15, 0.2) is 34.2 Å². The number of nitrogens with zero attached hydrogens (tertiary/aromatic N) is 2. The van der Waals surface area contributed by atoms with Gasteiger partial charge in [-0.1, -0.05) is 55.3 Å². The van der Waals surface area contributed by atoms with Gasteiger partial charge in [0.1, 0.15) is 11.6 Å². The zero-order valence-corrected chi connectivity index (χ0v) is 15.1. The largest absolute Gasteiger partial charge is 0.374 e. The lowest BCUT2D eigenvalue weighted by molar-refractivity contribution is 0.0171. The summed E-state index contributed by atoms with van der Waals surface area (Å²) in [4.78, 5) is 19.3. The summed E-state index contributed by atoms with van der Waals surface area (Å²) in [5.74, 6) is 0. The molecular formula is C19H21N3O2S. The normalized spacial score (nSPS) is 15.0. The fourth-order valence-corrected chi connectivity index (χ4v) is 3.54. The lowest BCUT2D eigenvalue weighted by atomic mass is 9.97. The molecule has 1 saturated carbocycles. The first-order valence-corrected chi connectivity index (χ1v) is 9.73. The van der Waals surface area contributed by atoms with Crippen LogP contribution in [0.25, 0.3) is 11.3 Å². The van der Waals surface area contributed by atoms with Crippen molar-refractivity contribution in [2.75, 3.05) is 6.26 Å². The van der Waals surface area contributed by atoms with Crippen molar-refractivity contribution in [3.8, 4) is 17.3 Å². The highest BCUT2D eigenvalue weighted by atomic mass is 32.2. The number of rotatable bonds is 5. The summed E-state index contributed by atoms with van der Waals surface area (Å²) in [7, 11) is 0. The van der Waals surface area contributed by atoms with Crippen LogP contribution in [0.3, 0.4) is 0 Å². The first-order chi connectivity index (χ1) is 12.2. The molecular weight excluding hydrogens is 334 g/mol. The van der Waals surface area contributed by atoms with Crippen molar-refractivity contribution in [1.82, 2.24) is 9.97 Å². The summed E-state index contributed by atoms with van der Waals surface area (Å²) in [6, 6.07) is 9.69. The minimum atomic E-state index is -0.403. The number of hydrogen-bond donors (Lipinski definition) is 1. The third-order valence-corrected chi connectivity index (χ3v) is 5.08. The van der Waals surface area contributed by atoms with Crippen molar-refractivity contribution >= 4 is 11.8 Å². The maximum absolute atomic E-state index is 12.2. The van der Waals surface area contributed by atoms with E-state index in [1.807, 2.05) is 36.6 Å². The third kappa shape index (κ3) is 4.12. The topological polar surface area (TPSA) is 78.8 Å². The Hall–Kier alpha value is -2.10. The van der Waals surface area contributed by atoms with Gasteiger partial charge in [-0.05, 0) is 24.7 Å². The highest BCUT2D eigenvalue weighted by Crippen LogP contribution is 2.27. The molecule has 0 bridgehead atoms. The van der Waals surface area contributed by atoms with E-state index in [-0.39, 0.29) is 5.56 Å². The molecule has 5 nitrogen and oxygen atoms in total. The van der Waals surface area contributed by atoms with E-state index in [0.717, 1.165) is 24.0 Å². The summed E-state index contributed by atoms with van der Waals surface area (Å²) in [6.07, 6.45) is 8.07. The molecule has 0 unspecified atom stereocenters. The van der Waals surface area contributed by atoms with Crippen molar-refractivity contribution in [2.45, 2.75) is 50.0 Å². The van der Waals surface area contributed by atoms with Crippen LogP contribution in [-0.2, 0) is 11.3 Å². The minimum absolute atomic E-state index is 0.0444. The molecule has 6 heteroatoms. The number of thioether (sulfide) groups is 1. The number of aromatic nitrogens is 2. The molecule has 2 aromatic rings. The average molecular weight is 355 g/mol. The van der Waals surface area contributed by atoms with Gasteiger partial charge in [-0.25, -0.2) is 4.98 Å². The summed E-state index contributed by atoms with van der Waals surface area (Å²) < 4.78 is 6.09. The van der Waals surface area contributed by atoms with Crippen molar-refractivity contribution in [2.24, 2.45) is 0 Å². The Labute approximate surface area is 151 Å². The Kier molecular flexibility index (Phi) is 5.90. The molecule has 130 valence electrons. The van der Waals surface area contributed by atoms with Crippen LogP contribution in [0.1, 0.15) is 43.2 Å². The number of ether oxygens (including phenoxy) is 1. The van der Waals surface area contributed by atoms with Gasteiger partial charge in [0, 0.05) is 5.56 Å². The van der Waals surface area contributed by atoms with Crippen LogP contribution >= 0.6 is 11.8 Å². The molecule has 1 N–H and O–H groups in total. The Morgan fingerprint density at radius 3 is 2.80 bits per heavy atom. The highest BCUT2D eigenvalue weighted by Gasteiger charge is 2.18. The molecule has 0 amide bonds. The van der Waals surface area contributed by atoms with Gasteiger partial charge < -0.3 is 9.72 Å². The minimum Gasteiger partial charge on any atom is -0.374 e. The van der Waals surface area contributed by atoms with Crippen LogP contribution in [-0.4, -0.2) is 22.3 Å². The summed E-state index contributed by atoms with van der Waals surface area (Å²) in [6.45, 7) is 0.467. The van der Waals surface area contributed by atoms with Crippen molar-refractivity contribution in [3.63, 3.8) is 0 Å². The molecule has 0 atom stereocenters. The molecule has 1 fully saturated rings. The van der Waals surface area contributed by atoms with E-state index < -0.39 is 5.56 Å². The quantitative estimate of drug-likeness (QED) is 0.650. The van der Waals surface area contributed by atoms with Crippen molar-refractivity contribution in [3.05, 3.63) is 45.7 Å². The smallest absolute Gasteiger partial charge is 0.270 e. The van der Waals surface area contributed by atoms with Crippen molar-refractivity contribution in [1.29, 1.82) is 5.26 Å². The predicted octanol–water partition coefficient (Wildman–Crippen LogP) is 3.88. The molecule has 1 heterocycles. The second kappa shape index (κ2) is 8.32. The summed E-state index contributed by atoms with van der Waals surface area (Å²) >= 11 is 1.35. The average Bonchev–Trinajstić information content (AvgIpc) is 2.66. The van der Waals surface area contributed by atoms with Gasteiger partial charge in [-0.2, -0.15) is 5.26 Å². The van der Waals surface area contributed by atoms with Gasteiger partial charge in [0.15, 0.2) is 5.16 Å². The third-order valence-electron chi connectivity index (χ3n) is 4.50. The summed E-state index contributed by atoms with van der Waals surface area (Å²) in [5, 5.41) is 9.90. The number of H-pyrrole nitrogens is 1. The Balaban J connectivity index is 1.94. The fourth-order valence-electron chi connectivity index (χ4n) is 3.16. The number of nitrogens with one attached hydrogen (secondary N) is 1. The zero-order valence-electron chi connectivity index (χ0n) is 14.2. The van der Waals surface area contributed by atoms with E-state index in [1.54, 1.807) is 0 Å². The van der Waals surface area contributed by atoms with E-state index in [9.17, 15) is 10.1 Å². The zero-order chi connectivity index (χ0) is 17.6. The van der Waals surface area contributed by atoms with Gasteiger partial charge in [0.25, 0.3) is 5.56 Å². The number of aromatic amines is 1. The highest BCUT2D eigenvalue weighted by molar-refractivity contribution is 7.98. The van der Waals surface area contributed by atoms with Crippen LogP contribution in [0.4, 0.5) is 0 Å². The number of benzene rings is 1. The molecule has 1 aliphatic rings. The maximum Gasteiger partial charge on any atom is 0.270 e. The Bertz CT molecular complexity index is 835. The standard InChI is InChI=1S/C19H21N3O2S/c1-25-19-21-17(16(11-20)18(23)22-19)15-10-6-5-7-13(15)12-24-14-8-3-2-4-9-14/h5-7,10,14H,2-4,8-9,12H2,1H3,(H,21,22,23). The first-order valence-electron chi connectivity index (χ1n) is 8.51. The maximum atomic E-state index is 12.2. The van der Waals surface area contributed by atoms with E-state index in [2.05, 4.69) is 9.97 Å². The molecule has 3 rings (SSSR count).